The highest BCUT2D eigenvalue weighted by Gasteiger charge is 2.19. The Labute approximate surface area is 111 Å². The van der Waals surface area contributed by atoms with Gasteiger partial charge in [-0.15, -0.1) is 5.10 Å². The molecule has 1 aliphatic rings. The van der Waals surface area contributed by atoms with E-state index in [9.17, 15) is 0 Å². The Morgan fingerprint density at radius 3 is 3.17 bits per heavy atom. The molecule has 18 heavy (non-hydrogen) atoms. The molecule has 1 unspecified atom stereocenters. The van der Waals surface area contributed by atoms with Crippen molar-refractivity contribution in [1.82, 2.24) is 14.9 Å². The van der Waals surface area contributed by atoms with Crippen LogP contribution in [0.4, 0.5) is 5.69 Å². The molecule has 0 spiro atoms. The van der Waals surface area contributed by atoms with E-state index in [-0.39, 0.29) is 0 Å². The zero-order valence-electron chi connectivity index (χ0n) is 10.3. The van der Waals surface area contributed by atoms with E-state index >= 15 is 0 Å². The number of aromatic nitrogens is 2. The fourth-order valence-corrected chi connectivity index (χ4v) is 2.79. The predicted molar refractivity (Wildman–Crippen MR) is 73.7 cm³/mol. The zero-order valence-corrected chi connectivity index (χ0v) is 11.2. The van der Waals surface area contributed by atoms with Gasteiger partial charge in [0.2, 0.25) is 0 Å². The SMILES string of the molecule is CC1CN(Cc2csnn2)c2ccccc2CN1. The summed E-state index contributed by atoms with van der Waals surface area (Å²) in [7, 11) is 0. The van der Waals surface area contributed by atoms with E-state index < -0.39 is 0 Å². The van der Waals surface area contributed by atoms with E-state index in [1.807, 2.05) is 5.38 Å². The minimum Gasteiger partial charge on any atom is -0.364 e. The van der Waals surface area contributed by atoms with Gasteiger partial charge in [0, 0.05) is 30.2 Å². The molecule has 4 nitrogen and oxygen atoms in total. The summed E-state index contributed by atoms with van der Waals surface area (Å²) in [5.74, 6) is 0. The molecule has 94 valence electrons. The van der Waals surface area contributed by atoms with E-state index in [4.69, 9.17) is 0 Å². The highest BCUT2D eigenvalue weighted by molar-refractivity contribution is 7.03. The van der Waals surface area contributed by atoms with Crippen molar-refractivity contribution in [1.29, 1.82) is 0 Å². The minimum atomic E-state index is 0.476. The lowest BCUT2D eigenvalue weighted by molar-refractivity contribution is 0.551. The van der Waals surface area contributed by atoms with E-state index in [1.54, 1.807) is 0 Å². The van der Waals surface area contributed by atoms with Gasteiger partial charge in [-0.05, 0) is 30.1 Å². The number of hydrogen-bond acceptors (Lipinski definition) is 5. The van der Waals surface area contributed by atoms with Crippen molar-refractivity contribution >= 4 is 17.2 Å². The Balaban J connectivity index is 1.91. The highest BCUT2D eigenvalue weighted by atomic mass is 32.1. The van der Waals surface area contributed by atoms with Crippen LogP contribution in [0.15, 0.2) is 29.6 Å². The number of benzene rings is 1. The summed E-state index contributed by atoms with van der Waals surface area (Å²) in [6.07, 6.45) is 0. The Bertz CT molecular complexity index is 511. The number of para-hydroxylation sites is 1. The van der Waals surface area contributed by atoms with Crippen molar-refractivity contribution in [3.05, 3.63) is 40.9 Å². The molecule has 1 aromatic carbocycles. The molecular weight excluding hydrogens is 244 g/mol. The molecule has 0 aliphatic carbocycles. The highest BCUT2D eigenvalue weighted by Crippen LogP contribution is 2.24. The van der Waals surface area contributed by atoms with E-state index in [1.165, 1.54) is 22.8 Å². The Kier molecular flexibility index (Phi) is 3.25. The fourth-order valence-electron chi connectivity index (χ4n) is 2.34. The molecule has 5 heteroatoms. The fraction of sp³-hybridized carbons (Fsp3) is 0.385. The largest absolute Gasteiger partial charge is 0.364 e. The Morgan fingerprint density at radius 1 is 1.44 bits per heavy atom. The van der Waals surface area contributed by atoms with Gasteiger partial charge in [0.05, 0.1) is 12.2 Å². The second-order valence-electron chi connectivity index (χ2n) is 4.69. The van der Waals surface area contributed by atoms with Crippen LogP contribution in [0.3, 0.4) is 0 Å². The number of nitrogens with one attached hydrogen (secondary N) is 1. The second kappa shape index (κ2) is 5.04. The molecule has 1 aliphatic heterocycles. The topological polar surface area (TPSA) is 41.1 Å². The van der Waals surface area contributed by atoms with Crippen LogP contribution in [-0.2, 0) is 13.1 Å². The maximum Gasteiger partial charge on any atom is 0.0948 e. The van der Waals surface area contributed by atoms with Crippen molar-refractivity contribution in [2.75, 3.05) is 11.4 Å². The third-order valence-electron chi connectivity index (χ3n) is 3.23. The van der Waals surface area contributed by atoms with Crippen molar-refractivity contribution in [3.8, 4) is 0 Å². The van der Waals surface area contributed by atoms with Gasteiger partial charge in [-0.1, -0.05) is 22.7 Å². The molecule has 2 heterocycles. The molecular formula is C13H16N4S. The summed E-state index contributed by atoms with van der Waals surface area (Å²) in [5, 5.41) is 9.70. The lowest BCUT2D eigenvalue weighted by atomic mass is 10.1. The normalized spacial score (nSPS) is 19.4. The molecule has 3 rings (SSSR count). The van der Waals surface area contributed by atoms with Crippen LogP contribution in [0.25, 0.3) is 0 Å². The second-order valence-corrected chi connectivity index (χ2v) is 5.30. The number of nitrogens with zero attached hydrogens (tertiary/aromatic N) is 3. The van der Waals surface area contributed by atoms with Crippen LogP contribution in [0.2, 0.25) is 0 Å². The first-order valence-electron chi connectivity index (χ1n) is 6.15. The minimum absolute atomic E-state index is 0.476. The third-order valence-corrected chi connectivity index (χ3v) is 3.78. The molecule has 0 amide bonds. The lowest BCUT2D eigenvalue weighted by Gasteiger charge is -2.25. The van der Waals surface area contributed by atoms with E-state index in [0.29, 0.717) is 6.04 Å². The smallest absolute Gasteiger partial charge is 0.0948 e. The van der Waals surface area contributed by atoms with Gasteiger partial charge in [-0.3, -0.25) is 0 Å². The monoisotopic (exact) mass is 260 g/mol. The zero-order chi connectivity index (χ0) is 12.4. The first kappa shape index (κ1) is 11.6. The molecule has 0 radical (unpaired) electrons. The van der Waals surface area contributed by atoms with E-state index in [0.717, 1.165) is 25.3 Å². The van der Waals surface area contributed by atoms with Crippen LogP contribution in [0.1, 0.15) is 18.2 Å². The molecule has 0 bridgehead atoms. The molecule has 1 aromatic heterocycles. The summed E-state index contributed by atoms with van der Waals surface area (Å²) < 4.78 is 3.94. The van der Waals surface area contributed by atoms with Gasteiger partial charge in [-0.25, -0.2) is 0 Å². The average Bonchev–Trinajstić information content (AvgIpc) is 2.83. The summed E-state index contributed by atoms with van der Waals surface area (Å²) in [4.78, 5) is 2.39. The first-order chi connectivity index (χ1) is 8.83. The van der Waals surface area contributed by atoms with Gasteiger partial charge < -0.3 is 10.2 Å². The summed E-state index contributed by atoms with van der Waals surface area (Å²) in [6.45, 7) is 4.98. The van der Waals surface area contributed by atoms with Crippen LogP contribution < -0.4 is 10.2 Å². The van der Waals surface area contributed by atoms with Crippen molar-refractivity contribution in [2.24, 2.45) is 0 Å². The standard InChI is InChI=1S/C13H16N4S/c1-10-7-17(8-12-9-18-16-15-12)13-5-3-2-4-11(13)6-14-10/h2-5,9-10,14H,6-8H2,1H3. The van der Waals surface area contributed by atoms with Crippen molar-refractivity contribution < 1.29 is 0 Å². The van der Waals surface area contributed by atoms with Gasteiger partial charge in [0.15, 0.2) is 0 Å². The molecule has 0 fully saturated rings. The Hall–Kier alpha value is -1.46. The van der Waals surface area contributed by atoms with Crippen LogP contribution in [0.5, 0.6) is 0 Å². The van der Waals surface area contributed by atoms with Gasteiger partial charge in [0.1, 0.15) is 0 Å². The first-order valence-corrected chi connectivity index (χ1v) is 6.99. The molecule has 2 aromatic rings. The third kappa shape index (κ3) is 2.37. The summed E-state index contributed by atoms with van der Waals surface area (Å²) in [6, 6.07) is 9.05. The quantitative estimate of drug-likeness (QED) is 0.897. The Morgan fingerprint density at radius 2 is 2.33 bits per heavy atom. The van der Waals surface area contributed by atoms with E-state index in [2.05, 4.69) is 51.0 Å². The summed E-state index contributed by atoms with van der Waals surface area (Å²) >= 11 is 1.41. The number of fused-ring (bicyclic) bond motifs is 1. The van der Waals surface area contributed by atoms with Crippen LogP contribution >= 0.6 is 11.5 Å². The maximum absolute atomic E-state index is 4.15. The van der Waals surface area contributed by atoms with Gasteiger partial charge in [-0.2, -0.15) is 0 Å². The average molecular weight is 260 g/mol. The lowest BCUT2D eigenvalue weighted by Crippen LogP contribution is -2.35. The van der Waals surface area contributed by atoms with Crippen LogP contribution in [-0.4, -0.2) is 22.2 Å². The molecule has 1 atom stereocenters. The van der Waals surface area contributed by atoms with Gasteiger partial charge >= 0.3 is 0 Å². The van der Waals surface area contributed by atoms with Crippen molar-refractivity contribution in [2.45, 2.75) is 26.1 Å². The summed E-state index contributed by atoms with van der Waals surface area (Å²) in [5.41, 5.74) is 3.70. The maximum atomic E-state index is 4.15. The van der Waals surface area contributed by atoms with Crippen molar-refractivity contribution in [3.63, 3.8) is 0 Å². The number of rotatable bonds is 2. The number of hydrogen-bond donors (Lipinski definition) is 1. The predicted octanol–water partition coefficient (Wildman–Crippen LogP) is 2.04. The molecule has 0 saturated carbocycles. The molecule has 0 saturated heterocycles. The number of anilines is 1. The van der Waals surface area contributed by atoms with Gasteiger partial charge in [0.25, 0.3) is 0 Å². The van der Waals surface area contributed by atoms with Crippen LogP contribution in [0, 0.1) is 0 Å². The molecule has 1 N–H and O–H groups in total.